The number of amides is 1. The molecule has 0 bridgehead atoms. The van der Waals surface area contributed by atoms with E-state index in [-0.39, 0.29) is 30.8 Å². The van der Waals surface area contributed by atoms with Crippen LogP contribution < -0.4 is 0 Å². The summed E-state index contributed by atoms with van der Waals surface area (Å²) in [4.78, 5) is 14.0. The smallest absolute Gasteiger partial charge is 0.338 e. The molecule has 0 aromatic heterocycles. The molecule has 1 aliphatic heterocycles. The van der Waals surface area contributed by atoms with E-state index < -0.39 is 32.7 Å². The van der Waals surface area contributed by atoms with Crippen LogP contribution in [0.5, 0.6) is 0 Å². The molecular weight excluding hydrogens is 415 g/mol. The van der Waals surface area contributed by atoms with E-state index in [1.54, 1.807) is 24.3 Å². The van der Waals surface area contributed by atoms with Gasteiger partial charge in [-0.15, -0.1) is 0 Å². The normalized spacial score (nSPS) is 19.9. The SMILES string of the molecule is O=C(c1cccc(C(F)(F)F)c1)N1CCC(c2ccccc2Cl)S(=O)(=O)CC1. The molecule has 1 atom stereocenters. The van der Waals surface area contributed by atoms with Crippen molar-refractivity contribution in [2.45, 2.75) is 17.8 Å². The molecule has 1 heterocycles. The van der Waals surface area contributed by atoms with Gasteiger partial charge in [0, 0.05) is 23.7 Å². The summed E-state index contributed by atoms with van der Waals surface area (Å²) in [5, 5.41) is -0.533. The quantitative estimate of drug-likeness (QED) is 0.710. The molecule has 1 amide bonds. The van der Waals surface area contributed by atoms with Crippen molar-refractivity contribution in [3.05, 3.63) is 70.2 Å². The van der Waals surface area contributed by atoms with Crippen LogP contribution in [0.1, 0.15) is 33.2 Å². The lowest BCUT2D eigenvalue weighted by atomic mass is 10.1. The number of carbonyl (C=O) groups is 1. The zero-order valence-electron chi connectivity index (χ0n) is 14.6. The molecule has 0 spiro atoms. The summed E-state index contributed by atoms with van der Waals surface area (Å²) in [5.41, 5.74) is -0.573. The van der Waals surface area contributed by atoms with Gasteiger partial charge in [0.15, 0.2) is 9.84 Å². The van der Waals surface area contributed by atoms with E-state index in [1.807, 2.05) is 0 Å². The fourth-order valence-corrected chi connectivity index (χ4v) is 5.39. The molecule has 9 heteroatoms. The predicted octanol–water partition coefficient (Wildman–Crippen LogP) is 4.36. The van der Waals surface area contributed by atoms with Crippen LogP contribution in [0.4, 0.5) is 13.2 Å². The van der Waals surface area contributed by atoms with Crippen LogP contribution in [0.15, 0.2) is 48.5 Å². The summed E-state index contributed by atoms with van der Waals surface area (Å²) < 4.78 is 64.1. The lowest BCUT2D eigenvalue weighted by Crippen LogP contribution is -2.33. The van der Waals surface area contributed by atoms with Crippen LogP contribution in [0, 0.1) is 0 Å². The maximum Gasteiger partial charge on any atom is 0.416 e. The molecule has 0 aliphatic carbocycles. The monoisotopic (exact) mass is 431 g/mol. The van der Waals surface area contributed by atoms with Gasteiger partial charge in [-0.2, -0.15) is 13.2 Å². The predicted molar refractivity (Wildman–Crippen MR) is 99.9 cm³/mol. The molecule has 2 aromatic rings. The molecule has 1 unspecified atom stereocenters. The Balaban J connectivity index is 1.85. The minimum Gasteiger partial charge on any atom is -0.338 e. The summed E-state index contributed by atoms with van der Waals surface area (Å²) in [5.74, 6) is -0.908. The highest BCUT2D eigenvalue weighted by molar-refractivity contribution is 7.91. The van der Waals surface area contributed by atoms with Crippen LogP contribution in [0.25, 0.3) is 0 Å². The van der Waals surface area contributed by atoms with Gasteiger partial charge < -0.3 is 4.90 Å². The third-order valence-corrected chi connectivity index (χ3v) is 7.17. The zero-order valence-corrected chi connectivity index (χ0v) is 16.2. The Kier molecular flexibility index (Phi) is 5.72. The summed E-state index contributed by atoms with van der Waals surface area (Å²) in [6, 6.07) is 10.7. The minimum absolute atomic E-state index is 0.0850. The van der Waals surface area contributed by atoms with Crippen molar-refractivity contribution in [2.75, 3.05) is 18.8 Å². The number of hydrogen-bond acceptors (Lipinski definition) is 3. The molecule has 1 aliphatic rings. The molecule has 0 saturated carbocycles. The van der Waals surface area contributed by atoms with E-state index in [1.165, 1.54) is 11.0 Å². The topological polar surface area (TPSA) is 54.5 Å². The van der Waals surface area contributed by atoms with Gasteiger partial charge in [-0.05, 0) is 36.2 Å². The Labute approximate surface area is 165 Å². The van der Waals surface area contributed by atoms with E-state index in [9.17, 15) is 26.4 Å². The zero-order chi connectivity index (χ0) is 20.5. The fraction of sp³-hybridized carbons (Fsp3) is 0.316. The van der Waals surface area contributed by atoms with E-state index in [2.05, 4.69) is 0 Å². The van der Waals surface area contributed by atoms with Crippen molar-refractivity contribution >= 4 is 27.3 Å². The number of rotatable bonds is 2. The molecule has 1 fully saturated rings. The number of hydrogen-bond donors (Lipinski definition) is 0. The van der Waals surface area contributed by atoms with Crippen molar-refractivity contribution in [3.63, 3.8) is 0 Å². The second-order valence-electron chi connectivity index (χ2n) is 6.54. The van der Waals surface area contributed by atoms with E-state index in [4.69, 9.17) is 11.6 Å². The highest BCUT2D eigenvalue weighted by Gasteiger charge is 2.35. The number of alkyl halides is 3. The third-order valence-electron chi connectivity index (χ3n) is 4.72. The van der Waals surface area contributed by atoms with Crippen LogP contribution in [-0.2, 0) is 16.0 Å². The van der Waals surface area contributed by atoms with Crippen LogP contribution in [0.3, 0.4) is 0 Å². The van der Waals surface area contributed by atoms with Gasteiger partial charge in [-0.3, -0.25) is 4.79 Å². The Bertz CT molecular complexity index is 992. The first kappa shape index (κ1) is 20.7. The van der Waals surface area contributed by atoms with Crippen molar-refractivity contribution in [1.82, 2.24) is 4.90 Å². The molecule has 4 nitrogen and oxygen atoms in total. The molecule has 3 rings (SSSR count). The molecule has 0 N–H and O–H groups in total. The number of halogens is 4. The van der Waals surface area contributed by atoms with Gasteiger partial charge in [0.25, 0.3) is 5.91 Å². The number of nitrogens with zero attached hydrogens (tertiary/aromatic N) is 1. The first-order valence-corrected chi connectivity index (χ1v) is 10.6. The summed E-state index contributed by atoms with van der Waals surface area (Å²) in [6.45, 7) is 0.0164. The average molecular weight is 432 g/mol. The molecule has 150 valence electrons. The van der Waals surface area contributed by atoms with E-state index in [0.717, 1.165) is 18.2 Å². The van der Waals surface area contributed by atoms with Crippen LogP contribution >= 0.6 is 11.6 Å². The standard InChI is InChI=1S/C19H17ClF3NO3S/c20-16-7-2-1-6-15(16)17-8-9-24(10-11-28(17,26)27)18(25)13-4-3-5-14(12-13)19(21,22)23/h1-7,12,17H,8-11H2. The van der Waals surface area contributed by atoms with Crippen molar-refractivity contribution in [2.24, 2.45) is 0 Å². The van der Waals surface area contributed by atoms with Gasteiger partial charge in [-0.25, -0.2) is 8.42 Å². The Hall–Kier alpha value is -2.06. The molecule has 28 heavy (non-hydrogen) atoms. The molecule has 2 aromatic carbocycles. The Morgan fingerprint density at radius 1 is 1.07 bits per heavy atom. The maximum atomic E-state index is 12.9. The molecule has 1 saturated heterocycles. The van der Waals surface area contributed by atoms with E-state index >= 15 is 0 Å². The average Bonchev–Trinajstić information content (AvgIpc) is 2.79. The summed E-state index contributed by atoms with van der Waals surface area (Å²) in [7, 11) is -3.57. The van der Waals surface area contributed by atoms with Gasteiger partial charge in [-0.1, -0.05) is 35.9 Å². The van der Waals surface area contributed by atoms with Gasteiger partial charge in [0.2, 0.25) is 0 Å². The second kappa shape index (κ2) is 7.75. The summed E-state index contributed by atoms with van der Waals surface area (Å²) >= 11 is 6.14. The second-order valence-corrected chi connectivity index (χ2v) is 9.25. The Morgan fingerprint density at radius 2 is 1.79 bits per heavy atom. The lowest BCUT2D eigenvalue weighted by Gasteiger charge is -2.20. The van der Waals surface area contributed by atoms with Crippen molar-refractivity contribution in [3.8, 4) is 0 Å². The number of sulfone groups is 1. The summed E-state index contributed by atoms with van der Waals surface area (Å²) in [6.07, 6.45) is -4.44. The molecule has 0 radical (unpaired) electrons. The fourth-order valence-electron chi connectivity index (χ4n) is 3.24. The van der Waals surface area contributed by atoms with Gasteiger partial charge in [0.05, 0.1) is 16.6 Å². The first-order valence-electron chi connectivity index (χ1n) is 8.52. The van der Waals surface area contributed by atoms with Crippen molar-refractivity contribution in [1.29, 1.82) is 0 Å². The van der Waals surface area contributed by atoms with Crippen molar-refractivity contribution < 1.29 is 26.4 Å². The highest BCUT2D eigenvalue weighted by atomic mass is 35.5. The Morgan fingerprint density at radius 3 is 2.46 bits per heavy atom. The third kappa shape index (κ3) is 4.33. The lowest BCUT2D eigenvalue weighted by molar-refractivity contribution is -0.137. The molecular formula is C19H17ClF3NO3S. The number of benzene rings is 2. The first-order chi connectivity index (χ1) is 13.1. The maximum absolute atomic E-state index is 12.9. The van der Waals surface area contributed by atoms with Crippen LogP contribution in [0.2, 0.25) is 5.02 Å². The van der Waals surface area contributed by atoms with Gasteiger partial charge >= 0.3 is 6.18 Å². The minimum atomic E-state index is -4.56. The van der Waals surface area contributed by atoms with Gasteiger partial charge in [0.1, 0.15) is 0 Å². The van der Waals surface area contributed by atoms with E-state index in [0.29, 0.717) is 10.6 Å². The largest absolute Gasteiger partial charge is 0.416 e. The highest BCUT2D eigenvalue weighted by Crippen LogP contribution is 2.34. The van der Waals surface area contributed by atoms with Crippen LogP contribution in [-0.4, -0.2) is 38.1 Å². The number of carbonyl (C=O) groups excluding carboxylic acids is 1.